The van der Waals surface area contributed by atoms with Gasteiger partial charge in [-0.15, -0.1) is 0 Å². The third kappa shape index (κ3) is 3.83. The average molecular weight is 429 g/mol. The molecular weight excluding hydrogens is 404 g/mol. The molecule has 1 saturated carbocycles. The maximum absolute atomic E-state index is 11.8. The molecule has 4 rings (SSSR count). The van der Waals surface area contributed by atoms with Crippen molar-refractivity contribution in [3.63, 3.8) is 0 Å². The van der Waals surface area contributed by atoms with Gasteiger partial charge in [0.25, 0.3) is 10.1 Å². The molecule has 0 atom stereocenters. The highest BCUT2D eigenvalue weighted by Gasteiger charge is 2.43. The van der Waals surface area contributed by atoms with E-state index >= 15 is 0 Å². The Morgan fingerprint density at radius 1 is 1.03 bits per heavy atom. The van der Waals surface area contributed by atoms with Crippen molar-refractivity contribution in [2.45, 2.75) is 42.7 Å². The molecule has 0 radical (unpaired) electrons. The van der Waals surface area contributed by atoms with Crippen LogP contribution in [0.15, 0.2) is 63.4 Å². The predicted molar refractivity (Wildman–Crippen MR) is 118 cm³/mol. The average Bonchev–Trinajstić information content (AvgIpc) is 2.69. The summed E-state index contributed by atoms with van der Waals surface area (Å²) < 4.78 is 33.3. The Labute approximate surface area is 175 Å². The van der Waals surface area contributed by atoms with Crippen molar-refractivity contribution in [1.82, 2.24) is 0 Å². The normalized spacial score (nSPS) is 18.6. The molecule has 2 aliphatic rings. The van der Waals surface area contributed by atoms with Crippen LogP contribution in [0.4, 0.5) is 17.1 Å². The molecule has 2 aromatic carbocycles. The summed E-state index contributed by atoms with van der Waals surface area (Å²) in [6, 6.07) is 13.8. The van der Waals surface area contributed by atoms with Crippen LogP contribution in [-0.2, 0) is 10.1 Å². The Balaban J connectivity index is 1.88. The maximum atomic E-state index is 11.8. The lowest BCUT2D eigenvalue weighted by molar-refractivity contribution is 0.305. The van der Waals surface area contributed by atoms with Gasteiger partial charge in [0.1, 0.15) is 5.66 Å². The smallest absolute Gasteiger partial charge is 0.294 e. The second kappa shape index (κ2) is 7.62. The van der Waals surface area contributed by atoms with Gasteiger partial charge in [-0.2, -0.15) is 13.4 Å². The van der Waals surface area contributed by atoms with Gasteiger partial charge < -0.3 is 16.8 Å². The zero-order chi connectivity index (χ0) is 21.4. The molecule has 1 spiro atoms. The van der Waals surface area contributed by atoms with E-state index in [9.17, 15) is 13.0 Å². The van der Waals surface area contributed by atoms with Crippen LogP contribution in [-0.4, -0.2) is 30.6 Å². The Bertz CT molecular complexity index is 1110. The number of nitrogens with two attached hydrogens (primary N) is 2. The quantitative estimate of drug-likeness (QED) is 0.548. The van der Waals surface area contributed by atoms with Crippen LogP contribution in [0, 0.1) is 0 Å². The first-order chi connectivity index (χ1) is 14.3. The molecule has 158 valence electrons. The van der Waals surface area contributed by atoms with Crippen molar-refractivity contribution >= 4 is 39.1 Å². The van der Waals surface area contributed by atoms with Crippen molar-refractivity contribution in [2.24, 2.45) is 21.5 Å². The number of benzene rings is 2. The summed E-state index contributed by atoms with van der Waals surface area (Å²) in [6.45, 7) is 0. The Hall–Kier alpha value is -3.11. The maximum Gasteiger partial charge on any atom is 0.294 e. The topological polar surface area (TPSA) is 146 Å². The van der Waals surface area contributed by atoms with E-state index in [1.807, 2.05) is 30.3 Å². The number of guanidine groups is 2. The number of nitrogens with one attached hydrogen (secondary N) is 1. The van der Waals surface area contributed by atoms with Crippen LogP contribution in [0.1, 0.15) is 32.1 Å². The van der Waals surface area contributed by atoms with Gasteiger partial charge in [0.2, 0.25) is 11.9 Å². The molecule has 10 heteroatoms. The zero-order valence-electron chi connectivity index (χ0n) is 16.3. The van der Waals surface area contributed by atoms with E-state index in [0.717, 1.165) is 24.9 Å². The molecule has 0 aromatic heterocycles. The van der Waals surface area contributed by atoms with E-state index in [1.165, 1.54) is 12.1 Å². The first-order valence-corrected chi connectivity index (χ1v) is 11.2. The van der Waals surface area contributed by atoms with E-state index in [-0.39, 0.29) is 16.8 Å². The summed E-state index contributed by atoms with van der Waals surface area (Å²) in [5.41, 5.74) is 13.4. The molecule has 2 aromatic rings. The molecule has 0 unspecified atom stereocenters. The summed E-state index contributed by atoms with van der Waals surface area (Å²) in [6.07, 6.45) is 4.33. The fourth-order valence-electron chi connectivity index (χ4n) is 4.11. The molecule has 1 heterocycles. The van der Waals surface area contributed by atoms with Gasteiger partial charge in [-0.25, -0.2) is 4.99 Å². The molecular formula is C20H24N6O3S. The number of aliphatic imine (C=N–C) groups is 2. The molecule has 1 aliphatic carbocycles. The highest BCUT2D eigenvalue weighted by atomic mass is 32.2. The van der Waals surface area contributed by atoms with Gasteiger partial charge in [-0.1, -0.05) is 24.6 Å². The number of para-hydroxylation sites is 1. The van der Waals surface area contributed by atoms with Crippen LogP contribution in [0.3, 0.4) is 0 Å². The van der Waals surface area contributed by atoms with Crippen LogP contribution in [0.2, 0.25) is 0 Å². The highest BCUT2D eigenvalue weighted by Crippen LogP contribution is 2.43. The van der Waals surface area contributed by atoms with Crippen molar-refractivity contribution in [3.05, 3.63) is 48.5 Å². The van der Waals surface area contributed by atoms with Crippen LogP contribution < -0.4 is 21.7 Å². The Morgan fingerprint density at radius 3 is 2.40 bits per heavy atom. The minimum Gasteiger partial charge on any atom is -0.369 e. The van der Waals surface area contributed by atoms with E-state index < -0.39 is 15.8 Å². The van der Waals surface area contributed by atoms with Gasteiger partial charge in [0.05, 0.1) is 16.3 Å². The number of rotatable bonds is 4. The second-order valence-electron chi connectivity index (χ2n) is 7.46. The van der Waals surface area contributed by atoms with Crippen molar-refractivity contribution < 1.29 is 13.0 Å². The molecule has 0 amide bonds. The summed E-state index contributed by atoms with van der Waals surface area (Å²) in [5.74, 6) is 0.238. The van der Waals surface area contributed by atoms with Crippen molar-refractivity contribution in [3.8, 4) is 0 Å². The molecule has 6 N–H and O–H groups in total. The monoisotopic (exact) mass is 428 g/mol. The molecule has 1 aliphatic heterocycles. The van der Waals surface area contributed by atoms with Crippen molar-refractivity contribution in [2.75, 3.05) is 10.2 Å². The van der Waals surface area contributed by atoms with Crippen LogP contribution in [0.25, 0.3) is 0 Å². The van der Waals surface area contributed by atoms with Crippen molar-refractivity contribution in [1.29, 1.82) is 0 Å². The standard InChI is InChI=1S/C20H24N6O3S/c21-18-24-19(22)26(20(25-18)11-5-2-6-12-20)17-13-15(30(27,28)29)9-10-16(17)23-14-7-3-1-4-8-14/h1,3-4,7-10,13,23H,2,5-6,11-12H2,(H,27,28,29)(H4,21,22,24,25). The number of nitrogens with zero attached hydrogens (tertiary/aromatic N) is 3. The van der Waals surface area contributed by atoms with E-state index in [2.05, 4.69) is 15.3 Å². The lowest BCUT2D eigenvalue weighted by Crippen LogP contribution is -2.58. The minimum atomic E-state index is -4.42. The lowest BCUT2D eigenvalue weighted by Gasteiger charge is -2.46. The SMILES string of the molecule is NC1=NC2(CCCCC2)N(c2cc(S(=O)(=O)O)ccc2Nc2ccccc2)C(N)=N1. The van der Waals surface area contributed by atoms with E-state index in [1.54, 1.807) is 11.0 Å². The molecule has 1 fully saturated rings. The summed E-state index contributed by atoms with van der Waals surface area (Å²) >= 11 is 0. The molecule has 0 saturated heterocycles. The number of hydrogen-bond acceptors (Lipinski definition) is 8. The lowest BCUT2D eigenvalue weighted by atomic mass is 9.87. The van der Waals surface area contributed by atoms with Gasteiger partial charge in [0, 0.05) is 5.69 Å². The third-order valence-electron chi connectivity index (χ3n) is 5.41. The van der Waals surface area contributed by atoms with Crippen LogP contribution in [0.5, 0.6) is 0 Å². The largest absolute Gasteiger partial charge is 0.369 e. The molecule has 9 nitrogen and oxygen atoms in total. The first-order valence-electron chi connectivity index (χ1n) is 9.72. The zero-order valence-corrected chi connectivity index (χ0v) is 17.1. The van der Waals surface area contributed by atoms with Gasteiger partial charge in [-0.3, -0.25) is 9.45 Å². The first kappa shape index (κ1) is 20.2. The highest BCUT2D eigenvalue weighted by molar-refractivity contribution is 7.85. The van der Waals surface area contributed by atoms with Crippen LogP contribution >= 0.6 is 0 Å². The molecule has 30 heavy (non-hydrogen) atoms. The fraction of sp³-hybridized carbons (Fsp3) is 0.300. The number of hydrogen-bond donors (Lipinski definition) is 4. The summed E-state index contributed by atoms with van der Waals surface area (Å²) in [7, 11) is -4.42. The minimum absolute atomic E-state index is 0.106. The Kier molecular flexibility index (Phi) is 5.12. The Morgan fingerprint density at radius 2 is 1.73 bits per heavy atom. The fourth-order valence-corrected chi connectivity index (χ4v) is 4.61. The summed E-state index contributed by atoms with van der Waals surface area (Å²) in [4.78, 5) is 10.3. The van der Waals surface area contributed by atoms with E-state index in [4.69, 9.17) is 11.5 Å². The summed E-state index contributed by atoms with van der Waals surface area (Å²) in [5, 5.41) is 3.29. The van der Waals surface area contributed by atoms with Gasteiger partial charge in [0.15, 0.2) is 0 Å². The van der Waals surface area contributed by atoms with E-state index in [0.29, 0.717) is 24.2 Å². The predicted octanol–water partition coefficient (Wildman–Crippen LogP) is 2.79. The third-order valence-corrected chi connectivity index (χ3v) is 6.26. The van der Waals surface area contributed by atoms with Gasteiger partial charge in [-0.05, 0) is 56.0 Å². The molecule has 0 bridgehead atoms. The second-order valence-corrected chi connectivity index (χ2v) is 8.89. The number of anilines is 3. The van der Waals surface area contributed by atoms with Gasteiger partial charge >= 0.3 is 0 Å².